The van der Waals surface area contributed by atoms with Crippen molar-refractivity contribution in [3.05, 3.63) is 62.5 Å². The van der Waals surface area contributed by atoms with Crippen molar-refractivity contribution >= 4 is 17.6 Å². The van der Waals surface area contributed by atoms with E-state index in [1.807, 2.05) is 5.32 Å². The first-order valence-corrected chi connectivity index (χ1v) is 7.32. The second-order valence-corrected chi connectivity index (χ2v) is 5.51. The maximum atomic E-state index is 13.5. The van der Waals surface area contributed by atoms with Gasteiger partial charge in [-0.15, -0.1) is 0 Å². The zero-order valence-electron chi connectivity index (χ0n) is 13.9. The van der Waals surface area contributed by atoms with Crippen LogP contribution in [0.1, 0.15) is 18.4 Å². The van der Waals surface area contributed by atoms with Gasteiger partial charge in [0.2, 0.25) is 0 Å². The number of carbonyl (C=O) groups is 2. The molecule has 11 heteroatoms. The molecule has 8 nitrogen and oxygen atoms in total. The monoisotopic (exact) mass is 385 g/mol. The molecule has 0 saturated heterocycles. The number of allylic oxidation sites excluding steroid dienone is 2. The minimum atomic E-state index is -5.04. The molecule has 1 aliphatic rings. The fourth-order valence-corrected chi connectivity index (χ4v) is 2.80. The first kappa shape index (κ1) is 19.9. The van der Waals surface area contributed by atoms with Gasteiger partial charge in [0.15, 0.2) is 0 Å². The average molecular weight is 385 g/mol. The number of hydrogen-bond acceptors (Lipinski definition) is 7. The number of nitro benzene ring substituents is 1. The molecule has 1 aliphatic heterocycles. The van der Waals surface area contributed by atoms with Gasteiger partial charge in [-0.3, -0.25) is 10.1 Å². The number of ether oxygens (including phenoxy) is 1. The fraction of sp³-hybridized carbons (Fsp3) is 0.250. The SMILES string of the molecule is COC(=O)C1=C(C(F)(F)F)NC(C)=C(C(=O)[O-])C1c1cccc([N+](=O)[O-])c1. The second kappa shape index (κ2) is 7.09. The Labute approximate surface area is 150 Å². The Morgan fingerprint density at radius 3 is 2.37 bits per heavy atom. The summed E-state index contributed by atoms with van der Waals surface area (Å²) >= 11 is 0. The molecule has 0 amide bonds. The standard InChI is InChI=1S/C16H13F3N2O6/c1-7-10(14(22)23)11(8-4-3-5-9(6-8)21(25)26)12(15(24)27-2)13(20-7)16(17,18)19/h3-6,11,20H,1-2H3,(H,22,23)/p-1. The molecule has 0 saturated carbocycles. The molecule has 1 heterocycles. The van der Waals surface area contributed by atoms with Crippen LogP contribution in [0.3, 0.4) is 0 Å². The Morgan fingerprint density at radius 2 is 1.89 bits per heavy atom. The number of esters is 1. The third kappa shape index (κ3) is 3.76. The van der Waals surface area contributed by atoms with Crippen LogP contribution >= 0.6 is 0 Å². The summed E-state index contributed by atoms with van der Waals surface area (Å²) in [6, 6.07) is 4.31. The van der Waals surface area contributed by atoms with Crippen molar-refractivity contribution in [1.82, 2.24) is 5.32 Å². The molecule has 1 aromatic carbocycles. The van der Waals surface area contributed by atoms with Crippen LogP contribution in [0.4, 0.5) is 18.9 Å². The van der Waals surface area contributed by atoms with Gasteiger partial charge in [-0.1, -0.05) is 12.1 Å². The summed E-state index contributed by atoms with van der Waals surface area (Å²) in [6.45, 7) is 1.06. The number of hydrogen-bond donors (Lipinski definition) is 1. The number of rotatable bonds is 4. The first-order chi connectivity index (χ1) is 12.5. The maximum absolute atomic E-state index is 13.5. The van der Waals surface area contributed by atoms with E-state index in [2.05, 4.69) is 4.74 Å². The molecular formula is C16H12F3N2O6-. The number of nitrogens with zero attached hydrogens (tertiary/aromatic N) is 1. The minimum Gasteiger partial charge on any atom is -0.545 e. The highest BCUT2D eigenvalue weighted by atomic mass is 19.4. The van der Waals surface area contributed by atoms with Gasteiger partial charge in [0.1, 0.15) is 5.70 Å². The van der Waals surface area contributed by atoms with Crippen LogP contribution in [0.2, 0.25) is 0 Å². The summed E-state index contributed by atoms with van der Waals surface area (Å²) in [6.07, 6.45) is -5.04. The topological polar surface area (TPSA) is 122 Å². The Balaban J connectivity index is 2.85. The first-order valence-electron chi connectivity index (χ1n) is 7.32. The quantitative estimate of drug-likeness (QED) is 0.471. The van der Waals surface area contributed by atoms with E-state index < -0.39 is 57.2 Å². The summed E-state index contributed by atoms with van der Waals surface area (Å²) in [5, 5.41) is 24.4. The second-order valence-electron chi connectivity index (χ2n) is 5.51. The highest BCUT2D eigenvalue weighted by Crippen LogP contribution is 2.43. The van der Waals surface area contributed by atoms with E-state index in [1.54, 1.807) is 0 Å². The lowest BCUT2D eigenvalue weighted by atomic mass is 9.80. The van der Waals surface area contributed by atoms with E-state index in [1.165, 1.54) is 12.1 Å². The summed E-state index contributed by atoms with van der Waals surface area (Å²) in [5.74, 6) is -5.04. The normalized spacial score (nSPS) is 17.4. The largest absolute Gasteiger partial charge is 0.545 e. The molecule has 1 atom stereocenters. The van der Waals surface area contributed by atoms with Crippen LogP contribution in [0.15, 0.2) is 46.8 Å². The lowest BCUT2D eigenvalue weighted by Crippen LogP contribution is -2.41. The Kier molecular flexibility index (Phi) is 5.24. The summed E-state index contributed by atoms with van der Waals surface area (Å²) in [7, 11) is 0.831. The fourth-order valence-electron chi connectivity index (χ4n) is 2.80. The van der Waals surface area contributed by atoms with E-state index in [9.17, 15) is 38.0 Å². The zero-order chi connectivity index (χ0) is 20.5. The van der Waals surface area contributed by atoms with Crippen molar-refractivity contribution < 1.29 is 37.5 Å². The Morgan fingerprint density at radius 1 is 1.26 bits per heavy atom. The van der Waals surface area contributed by atoms with Crippen molar-refractivity contribution in [2.24, 2.45) is 0 Å². The molecule has 144 valence electrons. The molecule has 1 unspecified atom stereocenters. The number of carboxylic acids is 1. The predicted octanol–water partition coefficient (Wildman–Crippen LogP) is 1.29. The number of nitro groups is 1. The number of alkyl halides is 3. The zero-order valence-corrected chi connectivity index (χ0v) is 13.9. The maximum Gasteiger partial charge on any atom is 0.431 e. The van der Waals surface area contributed by atoms with Gasteiger partial charge in [-0.05, 0) is 12.5 Å². The number of nitrogens with one attached hydrogen (secondary N) is 1. The van der Waals surface area contributed by atoms with Gasteiger partial charge < -0.3 is 20.0 Å². The van der Waals surface area contributed by atoms with Crippen LogP contribution < -0.4 is 10.4 Å². The van der Waals surface area contributed by atoms with Gasteiger partial charge in [0.05, 0.1) is 23.6 Å². The third-order valence-electron chi connectivity index (χ3n) is 3.89. The van der Waals surface area contributed by atoms with E-state index in [0.717, 1.165) is 26.2 Å². The third-order valence-corrected chi connectivity index (χ3v) is 3.89. The molecule has 0 fully saturated rings. The van der Waals surface area contributed by atoms with Crippen LogP contribution in [0.5, 0.6) is 0 Å². The highest BCUT2D eigenvalue weighted by molar-refractivity contribution is 5.98. The molecule has 1 aromatic rings. The number of aliphatic carboxylic acids is 1. The van der Waals surface area contributed by atoms with Gasteiger partial charge >= 0.3 is 12.1 Å². The molecule has 0 spiro atoms. The summed E-state index contributed by atoms with van der Waals surface area (Å²) in [4.78, 5) is 33.9. The molecule has 0 aliphatic carbocycles. The number of halogens is 3. The molecule has 27 heavy (non-hydrogen) atoms. The number of carbonyl (C=O) groups excluding carboxylic acids is 2. The Hall–Kier alpha value is -3.37. The molecule has 0 aromatic heterocycles. The number of dihydropyridines is 1. The number of methoxy groups -OCH3 is 1. The lowest BCUT2D eigenvalue weighted by Gasteiger charge is -2.33. The molecule has 1 N–H and O–H groups in total. The number of non-ortho nitro benzene ring substituents is 1. The molecule has 2 rings (SSSR count). The number of benzene rings is 1. The van der Waals surface area contributed by atoms with Crippen molar-refractivity contribution in [3.63, 3.8) is 0 Å². The molecular weight excluding hydrogens is 373 g/mol. The van der Waals surface area contributed by atoms with Crippen LogP contribution in [0.25, 0.3) is 0 Å². The minimum absolute atomic E-state index is 0.202. The van der Waals surface area contributed by atoms with E-state index in [0.29, 0.717) is 0 Å². The van der Waals surface area contributed by atoms with Gasteiger partial charge in [-0.25, -0.2) is 4.79 Å². The molecule has 0 radical (unpaired) electrons. The van der Waals surface area contributed by atoms with Crippen LogP contribution in [-0.2, 0) is 14.3 Å². The van der Waals surface area contributed by atoms with Gasteiger partial charge in [0, 0.05) is 29.3 Å². The van der Waals surface area contributed by atoms with Crippen molar-refractivity contribution in [2.75, 3.05) is 7.11 Å². The number of carboxylic acid groups (broad SMARTS) is 1. The average Bonchev–Trinajstić information content (AvgIpc) is 2.59. The van der Waals surface area contributed by atoms with Crippen molar-refractivity contribution in [2.45, 2.75) is 19.0 Å². The Bertz CT molecular complexity index is 888. The van der Waals surface area contributed by atoms with Crippen LogP contribution in [-0.4, -0.2) is 30.1 Å². The van der Waals surface area contributed by atoms with Crippen LogP contribution in [0, 0.1) is 10.1 Å². The predicted molar refractivity (Wildman–Crippen MR) is 81.8 cm³/mol. The smallest absolute Gasteiger partial charge is 0.431 e. The van der Waals surface area contributed by atoms with Gasteiger partial charge in [0.25, 0.3) is 5.69 Å². The lowest BCUT2D eigenvalue weighted by molar-refractivity contribution is -0.384. The molecule has 0 bridgehead atoms. The van der Waals surface area contributed by atoms with Gasteiger partial charge in [-0.2, -0.15) is 13.2 Å². The summed E-state index contributed by atoms with van der Waals surface area (Å²) in [5.41, 5.74) is -4.30. The van der Waals surface area contributed by atoms with E-state index in [4.69, 9.17) is 0 Å². The highest BCUT2D eigenvalue weighted by Gasteiger charge is 2.46. The van der Waals surface area contributed by atoms with Crippen molar-refractivity contribution in [1.29, 1.82) is 0 Å². The van der Waals surface area contributed by atoms with E-state index >= 15 is 0 Å². The van der Waals surface area contributed by atoms with E-state index in [-0.39, 0.29) is 5.56 Å². The van der Waals surface area contributed by atoms with Crippen molar-refractivity contribution in [3.8, 4) is 0 Å². The summed E-state index contributed by atoms with van der Waals surface area (Å²) < 4.78 is 44.8.